The Morgan fingerprint density at radius 3 is 2.56 bits per heavy atom. The van der Waals surface area contributed by atoms with Crippen LogP contribution in [0.25, 0.3) is 0 Å². The molecule has 0 unspecified atom stereocenters. The number of hydrogen-bond donors (Lipinski definition) is 1. The third-order valence-electron chi connectivity index (χ3n) is 2.20. The Balaban J connectivity index is 2.29. The summed E-state index contributed by atoms with van der Waals surface area (Å²) in [6.07, 6.45) is 1.57. The first kappa shape index (κ1) is 13.1. The van der Waals surface area contributed by atoms with Gasteiger partial charge in [-0.05, 0) is 43.4 Å². The van der Waals surface area contributed by atoms with Crippen molar-refractivity contribution in [3.63, 3.8) is 0 Å². The molecule has 1 N–H and O–H groups in total. The Labute approximate surface area is 102 Å². The summed E-state index contributed by atoms with van der Waals surface area (Å²) >= 11 is 1.84. The van der Waals surface area contributed by atoms with Gasteiger partial charge in [-0.3, -0.25) is 0 Å². The molecule has 0 heterocycles. The number of thioether (sulfide) groups is 1. The van der Waals surface area contributed by atoms with E-state index < -0.39 is 0 Å². The van der Waals surface area contributed by atoms with Gasteiger partial charge in [-0.2, -0.15) is 0 Å². The summed E-state index contributed by atoms with van der Waals surface area (Å²) in [5.74, 6) is 1.36. The topological polar surface area (TPSA) is 29.1 Å². The summed E-state index contributed by atoms with van der Waals surface area (Å²) < 4.78 is 0. The van der Waals surface area contributed by atoms with Gasteiger partial charge in [0.05, 0.1) is 0 Å². The molecule has 3 heteroatoms. The second-order valence-corrected chi connectivity index (χ2v) is 5.03. The standard InChI is InChI=1S/C13H19NOS/c1-3-16-13-8-6-12(7-9-13)14-10-4-5-11(2)15/h6-9,14H,3-5,10H2,1-2H3. The Morgan fingerprint density at radius 2 is 2.00 bits per heavy atom. The summed E-state index contributed by atoms with van der Waals surface area (Å²) in [6.45, 7) is 4.65. The van der Waals surface area contributed by atoms with E-state index in [9.17, 15) is 4.79 Å². The second-order valence-electron chi connectivity index (χ2n) is 3.69. The molecule has 0 amide bonds. The van der Waals surface area contributed by atoms with Crippen LogP contribution < -0.4 is 5.32 Å². The maximum absolute atomic E-state index is 10.7. The highest BCUT2D eigenvalue weighted by molar-refractivity contribution is 7.99. The molecule has 0 saturated heterocycles. The Morgan fingerprint density at radius 1 is 1.31 bits per heavy atom. The summed E-state index contributed by atoms with van der Waals surface area (Å²) in [5, 5.41) is 3.31. The minimum absolute atomic E-state index is 0.261. The van der Waals surface area contributed by atoms with Crippen LogP contribution in [-0.2, 0) is 4.79 Å². The molecule has 2 nitrogen and oxygen atoms in total. The van der Waals surface area contributed by atoms with Crippen molar-refractivity contribution in [2.45, 2.75) is 31.6 Å². The van der Waals surface area contributed by atoms with Crippen LogP contribution in [0.5, 0.6) is 0 Å². The first-order valence-corrected chi connectivity index (χ1v) is 6.67. The molecule has 1 rings (SSSR count). The number of Topliss-reactive ketones (excluding diaryl/α,β-unsaturated/α-hetero) is 1. The predicted molar refractivity (Wildman–Crippen MR) is 71.2 cm³/mol. The van der Waals surface area contributed by atoms with Crippen molar-refractivity contribution in [2.24, 2.45) is 0 Å². The maximum Gasteiger partial charge on any atom is 0.129 e. The van der Waals surface area contributed by atoms with Gasteiger partial charge < -0.3 is 10.1 Å². The number of nitrogens with one attached hydrogen (secondary N) is 1. The lowest BCUT2D eigenvalue weighted by atomic mass is 10.2. The van der Waals surface area contributed by atoms with E-state index >= 15 is 0 Å². The zero-order valence-corrected chi connectivity index (χ0v) is 10.8. The van der Waals surface area contributed by atoms with Gasteiger partial charge in [-0.1, -0.05) is 6.92 Å². The number of ketones is 1. The number of carbonyl (C=O) groups excluding carboxylic acids is 1. The van der Waals surface area contributed by atoms with Gasteiger partial charge in [0.2, 0.25) is 0 Å². The van der Waals surface area contributed by atoms with E-state index in [0.29, 0.717) is 6.42 Å². The summed E-state index contributed by atoms with van der Waals surface area (Å²) in [7, 11) is 0. The van der Waals surface area contributed by atoms with Crippen LogP contribution in [0.4, 0.5) is 5.69 Å². The van der Waals surface area contributed by atoms with Crippen molar-refractivity contribution in [3.8, 4) is 0 Å². The molecule has 0 atom stereocenters. The zero-order chi connectivity index (χ0) is 11.8. The van der Waals surface area contributed by atoms with E-state index in [1.165, 1.54) is 4.90 Å². The van der Waals surface area contributed by atoms with Crippen LogP contribution in [0.1, 0.15) is 26.7 Å². The highest BCUT2D eigenvalue weighted by Crippen LogP contribution is 2.19. The van der Waals surface area contributed by atoms with E-state index in [4.69, 9.17) is 0 Å². The van der Waals surface area contributed by atoms with Crippen molar-refractivity contribution >= 4 is 23.2 Å². The van der Waals surface area contributed by atoms with Crippen LogP contribution in [0.2, 0.25) is 0 Å². The Hall–Kier alpha value is -0.960. The number of anilines is 1. The van der Waals surface area contributed by atoms with E-state index in [-0.39, 0.29) is 5.78 Å². The molecule has 1 aromatic carbocycles. The van der Waals surface area contributed by atoms with Crippen LogP contribution in [-0.4, -0.2) is 18.1 Å². The molecule has 0 radical (unpaired) electrons. The van der Waals surface area contributed by atoms with Gasteiger partial charge in [0, 0.05) is 23.5 Å². The molecule has 0 aliphatic heterocycles. The number of benzene rings is 1. The van der Waals surface area contributed by atoms with Crippen LogP contribution in [0.3, 0.4) is 0 Å². The van der Waals surface area contributed by atoms with E-state index in [0.717, 1.165) is 24.4 Å². The third-order valence-corrected chi connectivity index (χ3v) is 3.09. The molecule has 0 saturated carbocycles. The lowest BCUT2D eigenvalue weighted by Crippen LogP contribution is -2.03. The highest BCUT2D eigenvalue weighted by atomic mass is 32.2. The van der Waals surface area contributed by atoms with Gasteiger partial charge in [0.15, 0.2) is 0 Å². The second kappa shape index (κ2) is 7.34. The zero-order valence-electron chi connectivity index (χ0n) is 9.95. The molecule has 0 spiro atoms. The highest BCUT2D eigenvalue weighted by Gasteiger charge is 1.95. The van der Waals surface area contributed by atoms with Gasteiger partial charge in [0.25, 0.3) is 0 Å². The monoisotopic (exact) mass is 237 g/mol. The van der Waals surface area contributed by atoms with Crippen LogP contribution in [0, 0.1) is 0 Å². The summed E-state index contributed by atoms with van der Waals surface area (Å²) in [5.41, 5.74) is 1.13. The fraction of sp³-hybridized carbons (Fsp3) is 0.462. The molecular weight excluding hydrogens is 218 g/mol. The minimum atomic E-state index is 0.261. The van der Waals surface area contributed by atoms with Crippen molar-refractivity contribution in [1.82, 2.24) is 0 Å². The van der Waals surface area contributed by atoms with E-state index in [2.05, 4.69) is 36.5 Å². The molecule has 16 heavy (non-hydrogen) atoms. The Kier molecular flexibility index (Phi) is 6.01. The van der Waals surface area contributed by atoms with Crippen LogP contribution >= 0.6 is 11.8 Å². The fourth-order valence-corrected chi connectivity index (χ4v) is 2.07. The number of rotatable bonds is 7. The molecule has 0 bridgehead atoms. The smallest absolute Gasteiger partial charge is 0.129 e. The number of hydrogen-bond acceptors (Lipinski definition) is 3. The third kappa shape index (κ3) is 5.21. The molecule has 0 fully saturated rings. The van der Waals surface area contributed by atoms with Crippen molar-refractivity contribution in [2.75, 3.05) is 17.6 Å². The lowest BCUT2D eigenvalue weighted by Gasteiger charge is -2.06. The average Bonchev–Trinajstić information content (AvgIpc) is 2.27. The van der Waals surface area contributed by atoms with Gasteiger partial charge in [-0.25, -0.2) is 0 Å². The summed E-state index contributed by atoms with van der Waals surface area (Å²) in [6, 6.07) is 8.43. The lowest BCUT2D eigenvalue weighted by molar-refractivity contribution is -0.117. The summed E-state index contributed by atoms with van der Waals surface area (Å²) in [4.78, 5) is 12.0. The SMILES string of the molecule is CCSc1ccc(NCCCC(C)=O)cc1. The molecule has 1 aromatic rings. The first-order valence-electron chi connectivity index (χ1n) is 5.68. The van der Waals surface area contributed by atoms with E-state index in [1.54, 1.807) is 6.92 Å². The maximum atomic E-state index is 10.7. The molecular formula is C13H19NOS. The molecule has 0 aliphatic carbocycles. The molecule has 0 aliphatic rings. The quantitative estimate of drug-likeness (QED) is 0.580. The van der Waals surface area contributed by atoms with Gasteiger partial charge in [-0.15, -0.1) is 11.8 Å². The largest absolute Gasteiger partial charge is 0.385 e. The average molecular weight is 237 g/mol. The van der Waals surface area contributed by atoms with Gasteiger partial charge in [0.1, 0.15) is 5.78 Å². The van der Waals surface area contributed by atoms with Crippen molar-refractivity contribution in [3.05, 3.63) is 24.3 Å². The van der Waals surface area contributed by atoms with Crippen LogP contribution in [0.15, 0.2) is 29.2 Å². The Bertz CT molecular complexity index is 321. The van der Waals surface area contributed by atoms with E-state index in [1.807, 2.05) is 11.8 Å². The van der Waals surface area contributed by atoms with Crippen molar-refractivity contribution < 1.29 is 4.79 Å². The molecule has 0 aromatic heterocycles. The first-order chi connectivity index (χ1) is 7.72. The van der Waals surface area contributed by atoms with Crippen molar-refractivity contribution in [1.29, 1.82) is 0 Å². The number of carbonyl (C=O) groups is 1. The normalized spacial score (nSPS) is 10.1. The fourth-order valence-electron chi connectivity index (χ4n) is 1.41. The van der Waals surface area contributed by atoms with Gasteiger partial charge >= 0.3 is 0 Å². The predicted octanol–water partition coefficient (Wildman–Crippen LogP) is 3.58. The minimum Gasteiger partial charge on any atom is -0.385 e. The molecule has 88 valence electrons.